The van der Waals surface area contributed by atoms with Gasteiger partial charge in [0.2, 0.25) is 0 Å². The van der Waals surface area contributed by atoms with Gasteiger partial charge in [-0.2, -0.15) is 0 Å². The van der Waals surface area contributed by atoms with Crippen LogP contribution in [0.5, 0.6) is 0 Å². The summed E-state index contributed by atoms with van der Waals surface area (Å²) in [6, 6.07) is 5.89. The molecule has 3 nitrogen and oxygen atoms in total. The van der Waals surface area contributed by atoms with E-state index in [0.717, 1.165) is 21.8 Å². The summed E-state index contributed by atoms with van der Waals surface area (Å²) in [7, 11) is 0. The van der Waals surface area contributed by atoms with Crippen LogP contribution < -0.4 is 5.32 Å². The number of anilines is 1. The third-order valence-corrected chi connectivity index (χ3v) is 2.56. The lowest BCUT2D eigenvalue weighted by atomic mass is 10.2. The normalized spacial score (nSPS) is 10.3. The van der Waals surface area contributed by atoms with Crippen LogP contribution in [0.2, 0.25) is 5.02 Å². The van der Waals surface area contributed by atoms with E-state index in [-0.39, 0.29) is 0 Å². The molecule has 2 aromatic rings. The number of hydrogen-bond donors (Lipinski definition) is 1. The minimum absolute atomic E-state index is 0.683. The second-order valence-electron chi connectivity index (χ2n) is 3.35. The Balaban J connectivity index is 2.02. The number of aromatic nitrogens is 1. The molecule has 0 saturated carbocycles. The standard InChI is InChI=1S/C11H11ClN2O/c1-8-2-3-10(4-11(8)12)13-5-9-6-14-15-7-9/h2-4,6-7,13H,5H2,1H3. The summed E-state index contributed by atoms with van der Waals surface area (Å²) < 4.78 is 4.73. The Kier molecular flexibility index (Phi) is 2.92. The first kappa shape index (κ1) is 10.1. The molecule has 0 atom stereocenters. The van der Waals surface area contributed by atoms with E-state index < -0.39 is 0 Å². The van der Waals surface area contributed by atoms with Gasteiger partial charge in [-0.25, -0.2) is 0 Å². The number of benzene rings is 1. The topological polar surface area (TPSA) is 38.1 Å². The molecule has 1 N–H and O–H groups in total. The summed E-state index contributed by atoms with van der Waals surface area (Å²) >= 11 is 6.00. The maximum atomic E-state index is 6.00. The van der Waals surface area contributed by atoms with Gasteiger partial charge in [0.1, 0.15) is 6.26 Å². The first-order valence-corrected chi connectivity index (χ1v) is 5.02. The Morgan fingerprint density at radius 3 is 3.00 bits per heavy atom. The van der Waals surface area contributed by atoms with E-state index in [2.05, 4.69) is 10.5 Å². The van der Waals surface area contributed by atoms with Crippen molar-refractivity contribution in [3.63, 3.8) is 0 Å². The summed E-state index contributed by atoms with van der Waals surface area (Å²) in [5.74, 6) is 0. The summed E-state index contributed by atoms with van der Waals surface area (Å²) in [6.45, 7) is 2.66. The van der Waals surface area contributed by atoms with Crippen molar-refractivity contribution in [2.45, 2.75) is 13.5 Å². The number of nitrogens with zero attached hydrogens (tertiary/aromatic N) is 1. The van der Waals surface area contributed by atoms with E-state index in [0.29, 0.717) is 6.54 Å². The minimum atomic E-state index is 0.683. The van der Waals surface area contributed by atoms with Crippen LogP contribution in [-0.4, -0.2) is 5.16 Å². The molecule has 0 radical (unpaired) electrons. The van der Waals surface area contributed by atoms with E-state index in [1.165, 1.54) is 0 Å². The lowest BCUT2D eigenvalue weighted by Gasteiger charge is -2.05. The number of nitrogens with one attached hydrogen (secondary N) is 1. The Morgan fingerprint density at radius 1 is 1.47 bits per heavy atom. The van der Waals surface area contributed by atoms with Crippen LogP contribution in [0.3, 0.4) is 0 Å². The quantitative estimate of drug-likeness (QED) is 0.867. The Hall–Kier alpha value is -1.48. The monoisotopic (exact) mass is 222 g/mol. The van der Waals surface area contributed by atoms with Crippen LogP contribution in [0.25, 0.3) is 0 Å². The third-order valence-electron chi connectivity index (χ3n) is 2.15. The number of rotatable bonds is 3. The Bertz CT molecular complexity index is 440. The van der Waals surface area contributed by atoms with Gasteiger partial charge in [0, 0.05) is 22.8 Å². The van der Waals surface area contributed by atoms with Crippen molar-refractivity contribution in [3.8, 4) is 0 Å². The average molecular weight is 223 g/mol. The predicted molar refractivity (Wildman–Crippen MR) is 60.0 cm³/mol. The van der Waals surface area contributed by atoms with Crippen LogP contribution in [0, 0.1) is 6.92 Å². The molecule has 0 amide bonds. The second kappa shape index (κ2) is 4.36. The molecule has 1 aromatic heterocycles. The number of hydrogen-bond acceptors (Lipinski definition) is 3. The third kappa shape index (κ3) is 2.50. The summed E-state index contributed by atoms with van der Waals surface area (Å²) in [6.07, 6.45) is 3.30. The first-order chi connectivity index (χ1) is 7.25. The fourth-order valence-corrected chi connectivity index (χ4v) is 1.40. The molecule has 4 heteroatoms. The minimum Gasteiger partial charge on any atom is -0.381 e. The SMILES string of the molecule is Cc1ccc(NCc2cnoc2)cc1Cl. The molecule has 2 rings (SSSR count). The van der Waals surface area contributed by atoms with Crippen LogP contribution in [0.1, 0.15) is 11.1 Å². The highest BCUT2D eigenvalue weighted by Crippen LogP contribution is 2.20. The van der Waals surface area contributed by atoms with E-state index in [1.807, 2.05) is 25.1 Å². The van der Waals surface area contributed by atoms with Gasteiger partial charge < -0.3 is 9.84 Å². The van der Waals surface area contributed by atoms with Gasteiger partial charge >= 0.3 is 0 Å². The van der Waals surface area contributed by atoms with Crippen molar-refractivity contribution in [2.24, 2.45) is 0 Å². The molecular weight excluding hydrogens is 212 g/mol. The highest BCUT2D eigenvalue weighted by atomic mass is 35.5. The zero-order chi connectivity index (χ0) is 10.7. The predicted octanol–water partition coefficient (Wildman–Crippen LogP) is 3.25. The van der Waals surface area contributed by atoms with Crippen LogP contribution >= 0.6 is 11.6 Å². The van der Waals surface area contributed by atoms with Crippen molar-refractivity contribution < 1.29 is 4.52 Å². The molecule has 0 unspecified atom stereocenters. The smallest absolute Gasteiger partial charge is 0.128 e. The van der Waals surface area contributed by atoms with Gasteiger partial charge in [0.05, 0.1) is 6.20 Å². The molecule has 0 aliphatic carbocycles. The van der Waals surface area contributed by atoms with E-state index in [1.54, 1.807) is 12.5 Å². The first-order valence-electron chi connectivity index (χ1n) is 4.64. The Labute approximate surface area is 93.0 Å². The molecule has 0 saturated heterocycles. The summed E-state index contributed by atoms with van der Waals surface area (Å²) in [4.78, 5) is 0. The van der Waals surface area contributed by atoms with Crippen molar-refractivity contribution in [3.05, 3.63) is 46.8 Å². The highest BCUT2D eigenvalue weighted by molar-refractivity contribution is 6.31. The molecule has 1 aromatic carbocycles. The van der Waals surface area contributed by atoms with Crippen molar-refractivity contribution in [2.75, 3.05) is 5.32 Å². The maximum Gasteiger partial charge on any atom is 0.128 e. The van der Waals surface area contributed by atoms with Gasteiger partial charge in [0.15, 0.2) is 0 Å². The van der Waals surface area contributed by atoms with E-state index in [9.17, 15) is 0 Å². The Morgan fingerprint density at radius 2 is 2.33 bits per heavy atom. The second-order valence-corrected chi connectivity index (χ2v) is 3.76. The summed E-state index contributed by atoms with van der Waals surface area (Å²) in [5, 5.41) is 7.62. The number of aryl methyl sites for hydroxylation is 1. The number of halogens is 1. The van der Waals surface area contributed by atoms with Crippen LogP contribution in [0.4, 0.5) is 5.69 Å². The van der Waals surface area contributed by atoms with Crippen molar-refractivity contribution in [1.82, 2.24) is 5.16 Å². The molecular formula is C11H11ClN2O. The fourth-order valence-electron chi connectivity index (χ4n) is 1.22. The zero-order valence-electron chi connectivity index (χ0n) is 8.33. The largest absolute Gasteiger partial charge is 0.381 e. The maximum absolute atomic E-state index is 6.00. The lowest BCUT2D eigenvalue weighted by molar-refractivity contribution is 0.419. The average Bonchev–Trinajstić information content (AvgIpc) is 2.73. The molecule has 1 heterocycles. The highest BCUT2D eigenvalue weighted by Gasteiger charge is 1.99. The molecule has 0 bridgehead atoms. The van der Waals surface area contributed by atoms with Crippen LogP contribution in [0.15, 0.2) is 35.2 Å². The molecule has 0 aliphatic rings. The fraction of sp³-hybridized carbons (Fsp3) is 0.182. The summed E-state index contributed by atoms with van der Waals surface area (Å²) in [5.41, 5.74) is 3.07. The molecule has 15 heavy (non-hydrogen) atoms. The molecule has 0 fully saturated rings. The van der Waals surface area contributed by atoms with Gasteiger partial charge in [-0.15, -0.1) is 0 Å². The molecule has 78 valence electrons. The van der Waals surface area contributed by atoms with Gasteiger partial charge in [-0.05, 0) is 24.6 Å². The van der Waals surface area contributed by atoms with E-state index >= 15 is 0 Å². The lowest BCUT2D eigenvalue weighted by Crippen LogP contribution is -1.97. The molecule has 0 spiro atoms. The van der Waals surface area contributed by atoms with Gasteiger partial charge in [-0.1, -0.05) is 22.8 Å². The van der Waals surface area contributed by atoms with Crippen molar-refractivity contribution in [1.29, 1.82) is 0 Å². The zero-order valence-corrected chi connectivity index (χ0v) is 9.08. The van der Waals surface area contributed by atoms with Gasteiger partial charge in [0.25, 0.3) is 0 Å². The van der Waals surface area contributed by atoms with Gasteiger partial charge in [-0.3, -0.25) is 0 Å². The molecule has 0 aliphatic heterocycles. The van der Waals surface area contributed by atoms with Crippen LogP contribution in [-0.2, 0) is 6.54 Å². The van der Waals surface area contributed by atoms with E-state index in [4.69, 9.17) is 16.1 Å². The van der Waals surface area contributed by atoms with Crippen molar-refractivity contribution >= 4 is 17.3 Å².